The van der Waals surface area contributed by atoms with Crippen molar-refractivity contribution in [1.29, 1.82) is 0 Å². The topological polar surface area (TPSA) is 70.6 Å². The summed E-state index contributed by atoms with van der Waals surface area (Å²) in [6.07, 6.45) is -0.213. The van der Waals surface area contributed by atoms with Gasteiger partial charge in [0.05, 0.1) is 17.2 Å². The zero-order valence-electron chi connectivity index (χ0n) is 11.4. The smallest absolute Gasteiger partial charge is 0.319 e. The minimum Gasteiger partial charge on any atom is -0.391 e. The van der Waals surface area contributed by atoms with Gasteiger partial charge in [0.15, 0.2) is 0 Å². The van der Waals surface area contributed by atoms with E-state index in [1.165, 1.54) is 19.2 Å². The van der Waals surface area contributed by atoms with Crippen LogP contribution in [0.2, 0.25) is 0 Å². The molecular weight excluding hydrogens is 331 g/mol. The Bertz CT molecular complexity index is 471. The fourth-order valence-corrected chi connectivity index (χ4v) is 1.92. The molecule has 0 fully saturated rings. The number of halogens is 2. The van der Waals surface area contributed by atoms with Crippen molar-refractivity contribution in [3.63, 3.8) is 0 Å². The number of aliphatic hydroxyl groups is 1. The number of amides is 2. The zero-order chi connectivity index (χ0) is 15.1. The first-order valence-corrected chi connectivity index (χ1v) is 6.90. The number of methoxy groups -OCH3 is 1. The highest BCUT2D eigenvalue weighted by Gasteiger charge is 2.09. The van der Waals surface area contributed by atoms with Crippen LogP contribution in [0.1, 0.15) is 12.0 Å². The van der Waals surface area contributed by atoms with Gasteiger partial charge in [0.2, 0.25) is 0 Å². The first-order valence-electron chi connectivity index (χ1n) is 6.11. The SMILES string of the molecule is COC[C@@H](O)CCNC(=O)Nc1cc(Br)c(F)cc1C. The molecule has 3 N–H and O–H groups in total. The summed E-state index contributed by atoms with van der Waals surface area (Å²) < 4.78 is 18.3. The molecule has 0 aromatic heterocycles. The van der Waals surface area contributed by atoms with Crippen LogP contribution in [0.3, 0.4) is 0 Å². The molecule has 20 heavy (non-hydrogen) atoms. The zero-order valence-corrected chi connectivity index (χ0v) is 13.0. The third-order valence-corrected chi connectivity index (χ3v) is 3.25. The molecule has 0 aliphatic heterocycles. The van der Waals surface area contributed by atoms with Crippen LogP contribution in [0.25, 0.3) is 0 Å². The number of carbonyl (C=O) groups excluding carboxylic acids is 1. The van der Waals surface area contributed by atoms with Crippen molar-refractivity contribution in [3.05, 3.63) is 28.0 Å². The van der Waals surface area contributed by atoms with E-state index < -0.39 is 12.1 Å². The van der Waals surface area contributed by atoms with Crippen LogP contribution in [0.5, 0.6) is 0 Å². The first-order chi connectivity index (χ1) is 9.43. The van der Waals surface area contributed by atoms with E-state index in [-0.39, 0.29) is 16.9 Å². The van der Waals surface area contributed by atoms with Gasteiger partial charge in [0.25, 0.3) is 0 Å². The molecule has 1 aromatic rings. The van der Waals surface area contributed by atoms with Gasteiger partial charge in [-0.15, -0.1) is 0 Å². The lowest BCUT2D eigenvalue weighted by Gasteiger charge is -2.12. The second-order valence-electron chi connectivity index (χ2n) is 4.36. The van der Waals surface area contributed by atoms with E-state index in [1.807, 2.05) is 0 Å². The summed E-state index contributed by atoms with van der Waals surface area (Å²) in [6.45, 7) is 2.25. The molecule has 0 aliphatic rings. The van der Waals surface area contributed by atoms with Crippen molar-refractivity contribution in [1.82, 2.24) is 5.32 Å². The maximum absolute atomic E-state index is 13.2. The lowest BCUT2D eigenvalue weighted by molar-refractivity contribution is 0.0599. The molecule has 0 aliphatic carbocycles. The normalized spacial score (nSPS) is 12.1. The Kier molecular flexibility index (Phi) is 6.90. The van der Waals surface area contributed by atoms with Gasteiger partial charge in [0.1, 0.15) is 5.82 Å². The Morgan fingerprint density at radius 3 is 2.90 bits per heavy atom. The molecule has 0 bridgehead atoms. The molecule has 0 radical (unpaired) electrons. The molecule has 112 valence electrons. The molecule has 7 heteroatoms. The van der Waals surface area contributed by atoms with Crippen molar-refractivity contribution < 1.29 is 19.0 Å². The van der Waals surface area contributed by atoms with Gasteiger partial charge in [-0.25, -0.2) is 9.18 Å². The summed E-state index contributed by atoms with van der Waals surface area (Å²) in [5.41, 5.74) is 1.15. The highest BCUT2D eigenvalue weighted by molar-refractivity contribution is 9.10. The Morgan fingerprint density at radius 1 is 1.55 bits per heavy atom. The number of nitrogens with one attached hydrogen (secondary N) is 2. The minimum absolute atomic E-state index is 0.229. The average molecular weight is 349 g/mol. The fraction of sp³-hybridized carbons (Fsp3) is 0.462. The minimum atomic E-state index is -0.609. The van der Waals surface area contributed by atoms with Crippen LogP contribution in [0, 0.1) is 12.7 Å². The molecule has 0 spiro atoms. The number of ether oxygens (including phenoxy) is 1. The number of aryl methyl sites for hydroxylation is 1. The number of urea groups is 1. The van der Waals surface area contributed by atoms with E-state index in [0.29, 0.717) is 24.2 Å². The molecule has 0 heterocycles. The Labute approximate surface area is 125 Å². The van der Waals surface area contributed by atoms with Crippen LogP contribution < -0.4 is 10.6 Å². The number of hydrogen-bond acceptors (Lipinski definition) is 3. The van der Waals surface area contributed by atoms with E-state index >= 15 is 0 Å². The van der Waals surface area contributed by atoms with Crippen LogP contribution in [-0.4, -0.2) is 37.5 Å². The van der Waals surface area contributed by atoms with Gasteiger partial charge in [0, 0.05) is 19.3 Å². The summed E-state index contributed by atoms with van der Waals surface area (Å²) in [7, 11) is 1.50. The van der Waals surface area contributed by atoms with Gasteiger partial charge < -0.3 is 20.5 Å². The number of rotatable bonds is 6. The maximum atomic E-state index is 13.2. The summed E-state index contributed by atoms with van der Waals surface area (Å²) in [4.78, 5) is 11.7. The average Bonchev–Trinajstić information content (AvgIpc) is 2.36. The highest BCUT2D eigenvalue weighted by Crippen LogP contribution is 2.24. The highest BCUT2D eigenvalue weighted by atomic mass is 79.9. The van der Waals surface area contributed by atoms with Gasteiger partial charge in [-0.1, -0.05) is 0 Å². The Balaban J connectivity index is 2.45. The summed E-state index contributed by atoms with van der Waals surface area (Å²) in [5, 5.41) is 14.6. The van der Waals surface area contributed by atoms with E-state index in [9.17, 15) is 14.3 Å². The molecule has 1 aromatic carbocycles. The largest absolute Gasteiger partial charge is 0.391 e. The first kappa shape index (κ1) is 16.9. The summed E-state index contributed by atoms with van der Waals surface area (Å²) >= 11 is 3.07. The van der Waals surface area contributed by atoms with Crippen LogP contribution >= 0.6 is 15.9 Å². The second kappa shape index (κ2) is 8.18. The number of aliphatic hydroxyl groups excluding tert-OH is 1. The monoisotopic (exact) mass is 348 g/mol. The van der Waals surface area contributed by atoms with Crippen molar-refractivity contribution in [2.24, 2.45) is 0 Å². The van der Waals surface area contributed by atoms with E-state index in [4.69, 9.17) is 4.74 Å². The molecular formula is C13H18BrFN2O3. The van der Waals surface area contributed by atoms with Gasteiger partial charge in [-0.05, 0) is 47.0 Å². The van der Waals surface area contributed by atoms with Crippen LogP contribution in [0.4, 0.5) is 14.9 Å². The van der Waals surface area contributed by atoms with Crippen molar-refractivity contribution in [2.45, 2.75) is 19.4 Å². The molecule has 0 saturated carbocycles. The molecule has 0 unspecified atom stereocenters. The Hall–Kier alpha value is -1.18. The van der Waals surface area contributed by atoms with Crippen LogP contribution in [-0.2, 0) is 4.74 Å². The summed E-state index contributed by atoms with van der Waals surface area (Å²) in [5.74, 6) is -0.379. The van der Waals surface area contributed by atoms with Crippen LogP contribution in [0.15, 0.2) is 16.6 Å². The van der Waals surface area contributed by atoms with Crippen molar-refractivity contribution in [3.8, 4) is 0 Å². The van der Waals surface area contributed by atoms with Crippen molar-refractivity contribution in [2.75, 3.05) is 25.6 Å². The molecule has 5 nitrogen and oxygen atoms in total. The predicted molar refractivity (Wildman–Crippen MR) is 78.4 cm³/mol. The molecule has 2 amide bonds. The number of anilines is 1. The fourth-order valence-electron chi connectivity index (χ4n) is 1.58. The third kappa shape index (κ3) is 5.44. The molecule has 0 saturated heterocycles. The van der Waals surface area contributed by atoms with E-state index in [2.05, 4.69) is 26.6 Å². The quantitative estimate of drug-likeness (QED) is 0.739. The number of benzene rings is 1. The third-order valence-electron chi connectivity index (χ3n) is 2.64. The number of carbonyl (C=O) groups is 1. The maximum Gasteiger partial charge on any atom is 0.319 e. The standard InChI is InChI=1S/C13H18BrFN2O3/c1-8-5-11(15)10(14)6-12(8)17-13(19)16-4-3-9(18)7-20-2/h5-6,9,18H,3-4,7H2,1-2H3,(H2,16,17,19)/t9-/m0/s1. The van der Waals surface area contributed by atoms with Gasteiger partial charge in [-0.2, -0.15) is 0 Å². The molecule has 1 atom stereocenters. The predicted octanol–water partition coefficient (Wildman–Crippen LogP) is 2.42. The lowest BCUT2D eigenvalue weighted by atomic mass is 10.2. The molecule has 1 rings (SSSR count). The number of hydrogen-bond donors (Lipinski definition) is 3. The van der Waals surface area contributed by atoms with E-state index in [0.717, 1.165) is 0 Å². The second-order valence-corrected chi connectivity index (χ2v) is 5.21. The van der Waals surface area contributed by atoms with Gasteiger partial charge >= 0.3 is 6.03 Å². The van der Waals surface area contributed by atoms with E-state index in [1.54, 1.807) is 6.92 Å². The van der Waals surface area contributed by atoms with Crippen molar-refractivity contribution >= 4 is 27.6 Å². The lowest BCUT2D eigenvalue weighted by Crippen LogP contribution is -2.32. The van der Waals surface area contributed by atoms with Gasteiger partial charge in [-0.3, -0.25) is 0 Å². The summed E-state index contributed by atoms with van der Waals surface area (Å²) in [6, 6.07) is 2.43. The Morgan fingerprint density at radius 2 is 2.25 bits per heavy atom.